The molecule has 1 atom stereocenters. The Labute approximate surface area is 123 Å². The van der Waals surface area contributed by atoms with Crippen LogP contribution in [-0.2, 0) is 11.3 Å². The van der Waals surface area contributed by atoms with Gasteiger partial charge in [-0.3, -0.25) is 0 Å². The number of nitrogens with zero attached hydrogens (tertiary/aromatic N) is 1. The van der Waals surface area contributed by atoms with Crippen molar-refractivity contribution in [3.05, 3.63) is 60.2 Å². The summed E-state index contributed by atoms with van der Waals surface area (Å²) < 4.78 is 17.0. The second-order valence-electron chi connectivity index (χ2n) is 4.92. The lowest BCUT2D eigenvalue weighted by Gasteiger charge is -2.32. The molecule has 0 aliphatic carbocycles. The summed E-state index contributed by atoms with van der Waals surface area (Å²) in [7, 11) is 0. The van der Waals surface area contributed by atoms with Crippen molar-refractivity contribution in [2.24, 2.45) is 0 Å². The third kappa shape index (κ3) is 2.99. The molecule has 2 aromatic carbocycles. The highest BCUT2D eigenvalue weighted by atomic mass is 16.6. The minimum atomic E-state index is -1.09. The molecule has 0 amide bonds. The quantitative estimate of drug-likeness (QED) is 0.864. The monoisotopic (exact) mass is 281 g/mol. The lowest BCUT2D eigenvalue weighted by atomic mass is 10.1. The topological polar surface area (TPSA) is 51.5 Å². The van der Waals surface area contributed by atoms with E-state index < -0.39 is 5.60 Å². The Kier molecular flexibility index (Phi) is 3.76. The number of hydrogen-bond acceptors (Lipinski definition) is 4. The molecule has 2 aromatic rings. The molecule has 0 bridgehead atoms. The smallest absolute Gasteiger partial charge is 0.250 e. The summed E-state index contributed by atoms with van der Waals surface area (Å²) in [4.78, 5) is 0. The van der Waals surface area contributed by atoms with Gasteiger partial charge in [-0.1, -0.05) is 42.5 Å². The maximum Gasteiger partial charge on any atom is 0.250 e. The van der Waals surface area contributed by atoms with Gasteiger partial charge in [0.1, 0.15) is 19.3 Å². The van der Waals surface area contributed by atoms with Crippen molar-refractivity contribution >= 4 is 0 Å². The molecule has 0 saturated heterocycles. The molecule has 1 unspecified atom stereocenters. The van der Waals surface area contributed by atoms with Crippen LogP contribution in [0, 0.1) is 11.3 Å². The Morgan fingerprint density at radius 2 is 1.76 bits per heavy atom. The van der Waals surface area contributed by atoms with Gasteiger partial charge >= 0.3 is 0 Å². The molecule has 1 aliphatic heterocycles. The van der Waals surface area contributed by atoms with Crippen LogP contribution < -0.4 is 9.47 Å². The van der Waals surface area contributed by atoms with Gasteiger partial charge in [0.2, 0.25) is 0 Å². The fourth-order valence-corrected chi connectivity index (χ4v) is 2.15. The Hall–Kier alpha value is -2.51. The zero-order valence-electron chi connectivity index (χ0n) is 11.5. The Morgan fingerprint density at radius 3 is 2.52 bits per heavy atom. The molecule has 4 nitrogen and oxygen atoms in total. The summed E-state index contributed by atoms with van der Waals surface area (Å²) in [6.07, 6.45) is 0. The summed E-state index contributed by atoms with van der Waals surface area (Å²) in [5.74, 6) is 1.24. The standard InChI is InChI=1S/C17H15NO3/c18-11-17(12-19-10-14-6-2-1-3-7-14)13-20-15-8-4-5-9-16(15)21-17/h1-9H,10,12-13H2. The molecule has 21 heavy (non-hydrogen) atoms. The Balaban J connectivity index is 1.65. The normalized spacial score (nSPS) is 19.8. The van der Waals surface area contributed by atoms with Crippen molar-refractivity contribution < 1.29 is 14.2 Å². The Morgan fingerprint density at radius 1 is 1.05 bits per heavy atom. The van der Waals surface area contributed by atoms with Crippen molar-refractivity contribution in [3.63, 3.8) is 0 Å². The lowest BCUT2D eigenvalue weighted by molar-refractivity contribution is -0.0398. The summed E-state index contributed by atoms with van der Waals surface area (Å²) in [5.41, 5.74) is -0.0360. The van der Waals surface area contributed by atoms with E-state index in [0.29, 0.717) is 18.1 Å². The van der Waals surface area contributed by atoms with Gasteiger partial charge in [0.15, 0.2) is 11.5 Å². The van der Waals surface area contributed by atoms with E-state index in [4.69, 9.17) is 14.2 Å². The minimum Gasteiger partial charge on any atom is -0.484 e. The van der Waals surface area contributed by atoms with E-state index in [1.165, 1.54) is 0 Å². The highest BCUT2D eigenvalue weighted by molar-refractivity contribution is 5.42. The van der Waals surface area contributed by atoms with Crippen LogP contribution in [0.25, 0.3) is 0 Å². The zero-order valence-corrected chi connectivity index (χ0v) is 11.5. The molecule has 4 heteroatoms. The molecule has 0 spiro atoms. The fourth-order valence-electron chi connectivity index (χ4n) is 2.15. The molecule has 3 rings (SSSR count). The summed E-state index contributed by atoms with van der Waals surface area (Å²) >= 11 is 0. The van der Waals surface area contributed by atoms with Crippen LogP contribution in [0.2, 0.25) is 0 Å². The molecule has 1 heterocycles. The van der Waals surface area contributed by atoms with Crippen LogP contribution in [0.15, 0.2) is 54.6 Å². The largest absolute Gasteiger partial charge is 0.484 e. The van der Waals surface area contributed by atoms with E-state index in [1.807, 2.05) is 48.5 Å². The number of hydrogen-bond donors (Lipinski definition) is 0. The predicted octanol–water partition coefficient (Wildman–Crippen LogP) is 2.94. The third-order valence-corrected chi connectivity index (χ3v) is 3.27. The first-order chi connectivity index (χ1) is 10.3. The number of fused-ring (bicyclic) bond motifs is 1. The maximum absolute atomic E-state index is 9.43. The van der Waals surface area contributed by atoms with Crippen molar-refractivity contribution in [1.82, 2.24) is 0 Å². The van der Waals surface area contributed by atoms with Gasteiger partial charge in [0.05, 0.1) is 6.61 Å². The van der Waals surface area contributed by atoms with Crippen LogP contribution in [0.5, 0.6) is 11.5 Å². The number of benzene rings is 2. The van der Waals surface area contributed by atoms with Gasteiger partial charge in [-0.2, -0.15) is 5.26 Å². The van der Waals surface area contributed by atoms with Crippen molar-refractivity contribution in [3.8, 4) is 17.6 Å². The van der Waals surface area contributed by atoms with Crippen molar-refractivity contribution in [2.75, 3.05) is 13.2 Å². The van der Waals surface area contributed by atoms with Gasteiger partial charge in [0, 0.05) is 0 Å². The molecule has 0 aromatic heterocycles. The molecule has 0 fully saturated rings. The first-order valence-corrected chi connectivity index (χ1v) is 6.75. The van der Waals surface area contributed by atoms with Gasteiger partial charge in [-0.15, -0.1) is 0 Å². The van der Waals surface area contributed by atoms with Crippen LogP contribution in [0.3, 0.4) is 0 Å². The number of ether oxygens (including phenoxy) is 3. The third-order valence-electron chi connectivity index (χ3n) is 3.27. The average molecular weight is 281 g/mol. The summed E-state index contributed by atoms with van der Waals surface area (Å²) in [6.45, 7) is 0.761. The average Bonchev–Trinajstić information content (AvgIpc) is 2.56. The van der Waals surface area contributed by atoms with Crippen molar-refractivity contribution in [1.29, 1.82) is 5.26 Å². The second-order valence-corrected chi connectivity index (χ2v) is 4.92. The van der Waals surface area contributed by atoms with Gasteiger partial charge in [-0.05, 0) is 17.7 Å². The van der Waals surface area contributed by atoms with Crippen LogP contribution in [0.1, 0.15) is 5.56 Å². The van der Waals surface area contributed by atoms with Gasteiger partial charge < -0.3 is 14.2 Å². The highest BCUT2D eigenvalue weighted by Crippen LogP contribution is 2.34. The molecule has 1 aliphatic rings. The number of para-hydroxylation sites is 2. The van der Waals surface area contributed by atoms with Crippen LogP contribution in [-0.4, -0.2) is 18.8 Å². The molecular weight excluding hydrogens is 266 g/mol. The first kappa shape index (κ1) is 13.5. The fraction of sp³-hybridized carbons (Fsp3) is 0.235. The van der Waals surface area contributed by atoms with Crippen LogP contribution >= 0.6 is 0 Å². The second kappa shape index (κ2) is 5.86. The highest BCUT2D eigenvalue weighted by Gasteiger charge is 2.38. The predicted molar refractivity (Wildman–Crippen MR) is 77.0 cm³/mol. The molecule has 0 N–H and O–H groups in total. The number of rotatable bonds is 4. The summed E-state index contributed by atoms with van der Waals surface area (Å²) in [6, 6.07) is 19.3. The van der Waals surface area contributed by atoms with E-state index in [9.17, 15) is 5.26 Å². The Bertz CT molecular complexity index is 651. The molecule has 0 radical (unpaired) electrons. The van der Waals surface area contributed by atoms with E-state index in [1.54, 1.807) is 6.07 Å². The zero-order chi connectivity index (χ0) is 14.5. The number of nitriles is 1. The molecule has 0 saturated carbocycles. The summed E-state index contributed by atoms with van der Waals surface area (Å²) in [5, 5.41) is 9.43. The van der Waals surface area contributed by atoms with E-state index >= 15 is 0 Å². The van der Waals surface area contributed by atoms with Gasteiger partial charge in [-0.25, -0.2) is 0 Å². The van der Waals surface area contributed by atoms with E-state index in [-0.39, 0.29) is 13.2 Å². The first-order valence-electron chi connectivity index (χ1n) is 6.75. The maximum atomic E-state index is 9.43. The lowest BCUT2D eigenvalue weighted by Crippen LogP contribution is -2.47. The molecular formula is C17H15NO3. The minimum absolute atomic E-state index is 0.159. The van der Waals surface area contributed by atoms with E-state index in [0.717, 1.165) is 5.56 Å². The van der Waals surface area contributed by atoms with Crippen LogP contribution in [0.4, 0.5) is 0 Å². The molecule has 106 valence electrons. The van der Waals surface area contributed by atoms with E-state index in [2.05, 4.69) is 6.07 Å². The van der Waals surface area contributed by atoms with Crippen molar-refractivity contribution in [2.45, 2.75) is 12.2 Å². The van der Waals surface area contributed by atoms with Gasteiger partial charge in [0.25, 0.3) is 5.60 Å². The SMILES string of the molecule is N#CC1(COCc2ccccc2)COc2ccccc2O1.